The maximum atomic E-state index is 14.5. The average molecular weight is 486 g/mol. The second-order valence-electron chi connectivity index (χ2n) is 8.56. The van der Waals surface area contributed by atoms with E-state index in [1.54, 1.807) is 12.1 Å². The quantitative estimate of drug-likeness (QED) is 0.475. The van der Waals surface area contributed by atoms with Crippen molar-refractivity contribution in [2.75, 3.05) is 13.1 Å². The molecule has 0 bridgehead atoms. The van der Waals surface area contributed by atoms with Crippen molar-refractivity contribution >= 4 is 26.9 Å². The summed E-state index contributed by atoms with van der Waals surface area (Å²) in [5.74, 6) is -0.500. The highest BCUT2D eigenvalue weighted by Crippen LogP contribution is 2.35. The molecule has 1 amide bonds. The van der Waals surface area contributed by atoms with Gasteiger partial charge in [-0.15, -0.1) is 0 Å². The standard InChI is InChI=1S/C25H28FN3O4S/c1-18-12-14-29(34(31,32)23-11-5-9-20-15-27-16-21(26)24(20)23)22(18)10-6-13-28-25(30)33-17-19-7-3-2-4-8-19/h2-5,7-9,11,15-16,18,22H,6,10,12-14,17H2,1H3,(H,28,30). The first-order valence-electron chi connectivity index (χ1n) is 11.4. The van der Waals surface area contributed by atoms with Crippen LogP contribution in [0.4, 0.5) is 9.18 Å². The molecule has 1 saturated heterocycles. The van der Waals surface area contributed by atoms with Crippen LogP contribution in [-0.4, -0.2) is 42.9 Å². The molecule has 1 aliphatic rings. The minimum absolute atomic E-state index is 0.0355. The van der Waals surface area contributed by atoms with Crippen LogP contribution in [-0.2, 0) is 21.4 Å². The summed E-state index contributed by atoms with van der Waals surface area (Å²) in [5, 5.41) is 3.24. The Morgan fingerprint density at radius 1 is 1.18 bits per heavy atom. The van der Waals surface area contributed by atoms with E-state index in [0.29, 0.717) is 31.3 Å². The van der Waals surface area contributed by atoms with Gasteiger partial charge in [-0.25, -0.2) is 17.6 Å². The van der Waals surface area contributed by atoms with E-state index in [-0.39, 0.29) is 28.8 Å². The van der Waals surface area contributed by atoms with Crippen molar-refractivity contribution in [3.63, 3.8) is 0 Å². The summed E-state index contributed by atoms with van der Waals surface area (Å²) in [6.45, 7) is 2.97. The monoisotopic (exact) mass is 485 g/mol. The fourth-order valence-corrected chi connectivity index (χ4v) is 6.47. The van der Waals surface area contributed by atoms with Crippen molar-refractivity contribution < 1.29 is 22.3 Å². The van der Waals surface area contributed by atoms with Crippen molar-refractivity contribution in [2.24, 2.45) is 5.92 Å². The molecule has 7 nitrogen and oxygen atoms in total. The van der Waals surface area contributed by atoms with Gasteiger partial charge in [-0.1, -0.05) is 49.4 Å². The van der Waals surface area contributed by atoms with E-state index in [2.05, 4.69) is 10.3 Å². The molecule has 1 aromatic heterocycles. The summed E-state index contributed by atoms with van der Waals surface area (Å²) in [6, 6.07) is 13.9. The highest BCUT2D eigenvalue weighted by molar-refractivity contribution is 7.89. The molecule has 2 atom stereocenters. The van der Waals surface area contributed by atoms with Crippen LogP contribution in [0.3, 0.4) is 0 Å². The largest absolute Gasteiger partial charge is 0.445 e. The molecule has 1 aliphatic heterocycles. The second kappa shape index (κ2) is 10.5. The molecule has 3 aromatic rings. The fraction of sp³-hybridized carbons (Fsp3) is 0.360. The smallest absolute Gasteiger partial charge is 0.407 e. The molecule has 34 heavy (non-hydrogen) atoms. The number of hydrogen-bond acceptors (Lipinski definition) is 5. The summed E-state index contributed by atoms with van der Waals surface area (Å²) >= 11 is 0. The fourth-order valence-electron chi connectivity index (χ4n) is 4.48. The number of alkyl carbamates (subject to hydrolysis) is 1. The van der Waals surface area contributed by atoms with E-state index in [1.165, 1.54) is 16.6 Å². The van der Waals surface area contributed by atoms with Gasteiger partial charge >= 0.3 is 6.09 Å². The third kappa shape index (κ3) is 5.20. The Balaban J connectivity index is 1.38. The zero-order valence-electron chi connectivity index (χ0n) is 19.0. The number of nitrogens with one attached hydrogen (secondary N) is 1. The Morgan fingerprint density at radius 3 is 2.76 bits per heavy atom. The molecule has 2 heterocycles. The molecule has 9 heteroatoms. The first-order valence-corrected chi connectivity index (χ1v) is 12.8. The Kier molecular flexibility index (Phi) is 7.43. The van der Waals surface area contributed by atoms with Crippen molar-refractivity contribution in [3.8, 4) is 0 Å². The van der Waals surface area contributed by atoms with Crippen LogP contribution >= 0.6 is 0 Å². The van der Waals surface area contributed by atoms with Gasteiger partial charge < -0.3 is 10.1 Å². The van der Waals surface area contributed by atoms with E-state index in [9.17, 15) is 17.6 Å². The molecular formula is C25H28FN3O4S. The molecule has 2 aromatic carbocycles. The molecule has 1 fully saturated rings. The van der Waals surface area contributed by atoms with E-state index in [1.807, 2.05) is 37.3 Å². The van der Waals surface area contributed by atoms with Crippen molar-refractivity contribution in [2.45, 2.75) is 43.7 Å². The van der Waals surface area contributed by atoms with E-state index in [4.69, 9.17) is 4.74 Å². The number of sulfonamides is 1. The summed E-state index contributed by atoms with van der Waals surface area (Å²) in [4.78, 5) is 15.8. The lowest BCUT2D eigenvalue weighted by Crippen LogP contribution is -2.38. The van der Waals surface area contributed by atoms with Gasteiger partial charge in [0.05, 0.1) is 11.1 Å². The molecule has 0 saturated carbocycles. The predicted molar refractivity (Wildman–Crippen MR) is 127 cm³/mol. The first-order chi connectivity index (χ1) is 16.4. The van der Waals surface area contributed by atoms with Gasteiger partial charge in [-0.05, 0) is 36.8 Å². The Bertz CT molecular complexity index is 1250. The number of halogens is 1. The Hall–Kier alpha value is -3.04. The van der Waals surface area contributed by atoms with Crippen LogP contribution in [0.15, 0.2) is 65.8 Å². The van der Waals surface area contributed by atoms with E-state index in [0.717, 1.165) is 18.2 Å². The number of carbonyl (C=O) groups is 1. The Labute approximate surface area is 199 Å². The van der Waals surface area contributed by atoms with Crippen LogP contribution in [0.2, 0.25) is 0 Å². The van der Waals surface area contributed by atoms with Gasteiger partial charge in [0.25, 0.3) is 0 Å². The highest BCUT2D eigenvalue weighted by Gasteiger charge is 2.40. The molecule has 2 unspecified atom stereocenters. The zero-order chi connectivity index (χ0) is 24.1. The molecule has 0 radical (unpaired) electrons. The number of hydrogen-bond donors (Lipinski definition) is 1. The SMILES string of the molecule is CC1CCN(S(=O)(=O)c2cccc3cncc(F)c23)C1CCCNC(=O)OCc1ccccc1. The summed E-state index contributed by atoms with van der Waals surface area (Å²) in [5.41, 5.74) is 0.902. The lowest BCUT2D eigenvalue weighted by atomic mass is 9.99. The number of fused-ring (bicyclic) bond motifs is 1. The van der Waals surface area contributed by atoms with Gasteiger partial charge in [0, 0.05) is 36.1 Å². The lowest BCUT2D eigenvalue weighted by molar-refractivity contribution is 0.139. The highest BCUT2D eigenvalue weighted by atomic mass is 32.2. The zero-order valence-corrected chi connectivity index (χ0v) is 19.8. The topological polar surface area (TPSA) is 88.6 Å². The minimum Gasteiger partial charge on any atom is -0.445 e. The van der Waals surface area contributed by atoms with Gasteiger partial charge in [0.2, 0.25) is 10.0 Å². The second-order valence-corrected chi connectivity index (χ2v) is 10.4. The van der Waals surface area contributed by atoms with Crippen LogP contribution in [0.1, 0.15) is 31.7 Å². The Morgan fingerprint density at radius 2 is 1.97 bits per heavy atom. The molecule has 0 spiro atoms. The molecular weight excluding hydrogens is 457 g/mol. The lowest BCUT2D eigenvalue weighted by Gasteiger charge is -2.27. The van der Waals surface area contributed by atoms with Crippen LogP contribution in [0.25, 0.3) is 10.8 Å². The number of benzene rings is 2. The number of pyridine rings is 1. The molecule has 1 N–H and O–H groups in total. The molecule has 180 valence electrons. The summed E-state index contributed by atoms with van der Waals surface area (Å²) < 4.78 is 48.4. The summed E-state index contributed by atoms with van der Waals surface area (Å²) in [7, 11) is -3.91. The number of amides is 1. The third-order valence-corrected chi connectivity index (χ3v) is 8.24. The summed E-state index contributed by atoms with van der Waals surface area (Å²) in [6.07, 6.45) is 3.89. The number of nitrogens with zero attached hydrogens (tertiary/aromatic N) is 2. The number of aromatic nitrogens is 1. The van der Waals surface area contributed by atoms with Crippen molar-refractivity contribution in [1.29, 1.82) is 0 Å². The molecule has 4 rings (SSSR count). The van der Waals surface area contributed by atoms with Gasteiger partial charge in [-0.3, -0.25) is 4.98 Å². The first kappa shape index (κ1) is 24.1. The normalized spacial score (nSPS) is 18.8. The number of carbonyl (C=O) groups excluding carboxylic acids is 1. The van der Waals surface area contributed by atoms with Gasteiger partial charge in [0.1, 0.15) is 6.61 Å². The van der Waals surface area contributed by atoms with Crippen molar-refractivity contribution in [1.82, 2.24) is 14.6 Å². The third-order valence-electron chi connectivity index (χ3n) is 6.28. The van der Waals surface area contributed by atoms with Gasteiger partial charge in [0.15, 0.2) is 5.82 Å². The average Bonchev–Trinajstić information content (AvgIpc) is 3.22. The van der Waals surface area contributed by atoms with Gasteiger partial charge in [-0.2, -0.15) is 4.31 Å². The number of ether oxygens (including phenoxy) is 1. The predicted octanol–water partition coefficient (Wildman–Crippen LogP) is 4.48. The minimum atomic E-state index is -3.91. The maximum absolute atomic E-state index is 14.5. The van der Waals surface area contributed by atoms with Crippen molar-refractivity contribution in [3.05, 3.63) is 72.3 Å². The van der Waals surface area contributed by atoms with Crippen LogP contribution in [0.5, 0.6) is 0 Å². The molecule has 0 aliphatic carbocycles. The number of rotatable bonds is 8. The maximum Gasteiger partial charge on any atom is 0.407 e. The van der Waals surface area contributed by atoms with Crippen LogP contribution < -0.4 is 5.32 Å². The van der Waals surface area contributed by atoms with Crippen LogP contribution in [0, 0.1) is 11.7 Å². The van der Waals surface area contributed by atoms with E-state index < -0.39 is 21.9 Å². The van der Waals surface area contributed by atoms with E-state index >= 15 is 0 Å².